The first kappa shape index (κ1) is 33.5. The van der Waals surface area contributed by atoms with E-state index in [2.05, 4.69) is 5.32 Å². The molecule has 9 nitrogen and oxygen atoms in total. The number of hydrogen-bond acceptors (Lipinski definition) is 6. The highest BCUT2D eigenvalue weighted by Gasteiger charge is 2.34. The highest BCUT2D eigenvalue weighted by atomic mass is 32.2. The van der Waals surface area contributed by atoms with Gasteiger partial charge in [0, 0.05) is 19.2 Å². The van der Waals surface area contributed by atoms with Gasteiger partial charge < -0.3 is 19.7 Å². The second-order valence-corrected chi connectivity index (χ2v) is 12.6. The fraction of sp³-hybridized carbons (Fsp3) is 0.394. The highest BCUT2D eigenvalue weighted by Crippen LogP contribution is 2.34. The molecule has 10 heteroatoms. The Labute approximate surface area is 255 Å². The SMILES string of the molecule is CC[C@@H](C(=O)NCC(C)C)N(CCc1ccccc1)C(=O)CN(c1ccc(OC)c(OC)c1)S(=O)(=O)c1ccc(C)cc1. The maximum absolute atomic E-state index is 14.2. The zero-order valence-corrected chi connectivity index (χ0v) is 26.7. The fourth-order valence-corrected chi connectivity index (χ4v) is 6.07. The molecule has 1 N–H and O–H groups in total. The van der Waals surface area contributed by atoms with Crippen LogP contribution in [0.1, 0.15) is 38.3 Å². The van der Waals surface area contributed by atoms with Crippen LogP contribution in [0.2, 0.25) is 0 Å². The van der Waals surface area contributed by atoms with Gasteiger partial charge in [0.15, 0.2) is 11.5 Å². The summed E-state index contributed by atoms with van der Waals surface area (Å²) in [5.41, 5.74) is 2.13. The van der Waals surface area contributed by atoms with Gasteiger partial charge in [-0.25, -0.2) is 8.42 Å². The van der Waals surface area contributed by atoms with Crippen molar-refractivity contribution in [3.05, 3.63) is 83.9 Å². The van der Waals surface area contributed by atoms with Crippen LogP contribution in [0.5, 0.6) is 11.5 Å². The van der Waals surface area contributed by atoms with Crippen molar-refractivity contribution in [2.75, 3.05) is 38.2 Å². The van der Waals surface area contributed by atoms with Crippen molar-refractivity contribution in [3.63, 3.8) is 0 Å². The molecule has 3 aromatic rings. The second kappa shape index (κ2) is 15.4. The van der Waals surface area contributed by atoms with Crippen molar-refractivity contribution in [3.8, 4) is 11.5 Å². The highest BCUT2D eigenvalue weighted by molar-refractivity contribution is 7.92. The summed E-state index contributed by atoms with van der Waals surface area (Å²) in [6.45, 7) is 7.89. The van der Waals surface area contributed by atoms with Crippen LogP contribution in [0.4, 0.5) is 5.69 Å². The third-order valence-electron chi connectivity index (χ3n) is 7.10. The average molecular weight is 610 g/mol. The first-order valence-electron chi connectivity index (χ1n) is 14.4. The molecule has 0 radical (unpaired) electrons. The monoisotopic (exact) mass is 609 g/mol. The molecular weight excluding hydrogens is 566 g/mol. The third kappa shape index (κ3) is 8.73. The molecular formula is C33H43N3O6S. The molecule has 3 aromatic carbocycles. The van der Waals surface area contributed by atoms with Crippen LogP contribution in [0.3, 0.4) is 0 Å². The maximum Gasteiger partial charge on any atom is 0.264 e. The zero-order valence-electron chi connectivity index (χ0n) is 25.9. The van der Waals surface area contributed by atoms with E-state index in [1.54, 1.807) is 24.3 Å². The molecule has 1 atom stereocenters. The Morgan fingerprint density at radius 3 is 2.14 bits per heavy atom. The van der Waals surface area contributed by atoms with Crippen LogP contribution in [-0.2, 0) is 26.0 Å². The summed E-state index contributed by atoms with van der Waals surface area (Å²) >= 11 is 0. The minimum atomic E-state index is -4.20. The topological polar surface area (TPSA) is 105 Å². The summed E-state index contributed by atoms with van der Waals surface area (Å²) in [7, 11) is -1.25. The Balaban J connectivity index is 2.06. The van der Waals surface area contributed by atoms with Crippen molar-refractivity contribution in [1.82, 2.24) is 10.2 Å². The van der Waals surface area contributed by atoms with Gasteiger partial charge in [-0.3, -0.25) is 13.9 Å². The van der Waals surface area contributed by atoms with E-state index in [9.17, 15) is 18.0 Å². The Bertz CT molecular complexity index is 1460. The lowest BCUT2D eigenvalue weighted by atomic mass is 10.1. The fourth-order valence-electron chi connectivity index (χ4n) is 4.66. The number of carbonyl (C=O) groups excluding carboxylic acids is 2. The maximum atomic E-state index is 14.2. The summed E-state index contributed by atoms with van der Waals surface area (Å²) in [6.07, 6.45) is 0.868. The Kier molecular flexibility index (Phi) is 12.0. The number of hydrogen-bond donors (Lipinski definition) is 1. The van der Waals surface area contributed by atoms with Crippen LogP contribution < -0.4 is 19.1 Å². The van der Waals surface area contributed by atoms with Crippen LogP contribution in [0.15, 0.2) is 77.7 Å². The number of rotatable bonds is 15. The molecule has 0 bridgehead atoms. The number of nitrogens with one attached hydrogen (secondary N) is 1. The molecule has 0 aromatic heterocycles. The normalized spacial score (nSPS) is 12.0. The standard InChI is InChI=1S/C33H43N3O6S/c1-7-29(33(38)34-22-24(2)3)35(20-19-26-11-9-8-10-12-26)32(37)23-36(27-15-18-30(41-5)31(21-27)42-6)43(39,40)28-16-13-25(4)14-17-28/h8-18,21,24,29H,7,19-20,22-23H2,1-6H3,(H,34,38)/t29-/m0/s1. The van der Waals surface area contributed by atoms with Crippen molar-refractivity contribution in [1.29, 1.82) is 0 Å². The smallest absolute Gasteiger partial charge is 0.264 e. The van der Waals surface area contributed by atoms with E-state index in [0.29, 0.717) is 30.9 Å². The van der Waals surface area contributed by atoms with Crippen LogP contribution in [-0.4, -0.2) is 65.0 Å². The minimum absolute atomic E-state index is 0.0400. The largest absolute Gasteiger partial charge is 0.493 e. The molecule has 0 saturated carbocycles. The Morgan fingerprint density at radius 1 is 0.907 bits per heavy atom. The van der Waals surface area contributed by atoms with E-state index in [0.717, 1.165) is 15.4 Å². The minimum Gasteiger partial charge on any atom is -0.493 e. The van der Waals surface area contributed by atoms with E-state index in [-0.39, 0.29) is 29.0 Å². The number of benzene rings is 3. The molecule has 0 unspecified atom stereocenters. The van der Waals surface area contributed by atoms with E-state index < -0.39 is 28.5 Å². The van der Waals surface area contributed by atoms with Crippen LogP contribution >= 0.6 is 0 Å². The lowest BCUT2D eigenvalue weighted by Crippen LogP contribution is -2.53. The molecule has 3 rings (SSSR count). The van der Waals surface area contributed by atoms with Crippen molar-refractivity contribution < 1.29 is 27.5 Å². The van der Waals surface area contributed by atoms with Gasteiger partial charge in [0.1, 0.15) is 12.6 Å². The van der Waals surface area contributed by atoms with E-state index in [1.807, 2.05) is 58.0 Å². The lowest BCUT2D eigenvalue weighted by molar-refractivity contribution is -0.139. The molecule has 0 heterocycles. The number of ether oxygens (including phenoxy) is 2. The van der Waals surface area contributed by atoms with Gasteiger partial charge in [0.2, 0.25) is 11.8 Å². The first-order valence-corrected chi connectivity index (χ1v) is 15.9. The van der Waals surface area contributed by atoms with Crippen LogP contribution in [0.25, 0.3) is 0 Å². The summed E-state index contributed by atoms with van der Waals surface area (Å²) in [5, 5.41) is 2.95. The van der Waals surface area contributed by atoms with Crippen LogP contribution in [0, 0.1) is 12.8 Å². The van der Waals surface area contributed by atoms with Gasteiger partial charge in [-0.1, -0.05) is 68.8 Å². The number of anilines is 1. The summed E-state index contributed by atoms with van der Waals surface area (Å²) in [6, 6.07) is 20.0. The molecule has 0 spiro atoms. The predicted molar refractivity (Wildman–Crippen MR) is 169 cm³/mol. The Hall–Kier alpha value is -4.05. The van der Waals surface area contributed by atoms with Gasteiger partial charge in [-0.2, -0.15) is 0 Å². The van der Waals surface area contributed by atoms with E-state index in [1.165, 1.54) is 37.3 Å². The lowest BCUT2D eigenvalue weighted by Gasteiger charge is -2.33. The van der Waals surface area contributed by atoms with Gasteiger partial charge in [-0.05, 0) is 55.5 Å². The quantitative estimate of drug-likeness (QED) is 0.265. The number of nitrogens with zero attached hydrogens (tertiary/aromatic N) is 2. The molecule has 0 fully saturated rings. The molecule has 232 valence electrons. The van der Waals surface area contributed by atoms with Crippen molar-refractivity contribution >= 4 is 27.5 Å². The average Bonchev–Trinajstić information content (AvgIpc) is 3.00. The van der Waals surface area contributed by atoms with Gasteiger partial charge >= 0.3 is 0 Å². The van der Waals surface area contributed by atoms with Gasteiger partial charge in [0.25, 0.3) is 10.0 Å². The molecule has 0 aliphatic rings. The summed E-state index contributed by atoms with van der Waals surface area (Å²) in [5.74, 6) is 0.208. The van der Waals surface area contributed by atoms with Crippen molar-refractivity contribution in [2.24, 2.45) is 5.92 Å². The summed E-state index contributed by atoms with van der Waals surface area (Å²) < 4.78 is 40.0. The Morgan fingerprint density at radius 2 is 1.56 bits per heavy atom. The van der Waals surface area contributed by atoms with Crippen molar-refractivity contribution in [2.45, 2.75) is 51.5 Å². The van der Waals surface area contributed by atoms with Gasteiger partial charge in [0.05, 0.1) is 24.8 Å². The van der Waals surface area contributed by atoms with E-state index >= 15 is 0 Å². The van der Waals surface area contributed by atoms with Gasteiger partial charge in [-0.15, -0.1) is 0 Å². The number of amides is 2. The number of methoxy groups -OCH3 is 2. The number of carbonyl (C=O) groups is 2. The molecule has 0 aliphatic heterocycles. The first-order chi connectivity index (χ1) is 20.5. The molecule has 0 saturated heterocycles. The third-order valence-corrected chi connectivity index (χ3v) is 8.89. The summed E-state index contributed by atoms with van der Waals surface area (Å²) in [4.78, 5) is 29.1. The zero-order chi connectivity index (χ0) is 31.6. The van der Waals surface area contributed by atoms with E-state index in [4.69, 9.17) is 9.47 Å². The number of aryl methyl sites for hydroxylation is 1. The second-order valence-electron chi connectivity index (χ2n) is 10.7. The molecule has 2 amide bonds. The number of sulfonamides is 1. The predicted octanol–water partition coefficient (Wildman–Crippen LogP) is 4.83. The molecule has 43 heavy (non-hydrogen) atoms. The molecule has 0 aliphatic carbocycles.